The smallest absolute Gasteiger partial charge is 0.302 e. The number of rotatable bonds is 8. The highest BCUT2D eigenvalue weighted by atomic mass is 16.5. The third-order valence-corrected chi connectivity index (χ3v) is 5.31. The van der Waals surface area contributed by atoms with Crippen LogP contribution in [0.5, 0.6) is 0 Å². The normalized spacial score (nSPS) is 14.1. The molecule has 0 aliphatic heterocycles. The Bertz CT molecular complexity index is 642. The Kier molecular flexibility index (Phi) is 6.98. The van der Waals surface area contributed by atoms with Crippen molar-refractivity contribution in [3.8, 4) is 0 Å². The minimum Gasteiger partial charge on any atom is -0.461 e. The van der Waals surface area contributed by atoms with Crippen LogP contribution in [0.3, 0.4) is 0 Å². The summed E-state index contributed by atoms with van der Waals surface area (Å²) in [5.41, 5.74) is 1.98. The van der Waals surface area contributed by atoms with Gasteiger partial charge in [-0.05, 0) is 45.0 Å². The number of hydrogen-bond donors (Lipinski definition) is 0. The van der Waals surface area contributed by atoms with Crippen LogP contribution < -0.4 is 0 Å². The quantitative estimate of drug-likeness (QED) is 0.647. The second-order valence-electron chi connectivity index (χ2n) is 7.23. The first-order valence-electron chi connectivity index (χ1n) is 9.36. The van der Waals surface area contributed by atoms with Crippen molar-refractivity contribution in [2.45, 2.75) is 51.2 Å². The molecule has 0 saturated carbocycles. The molecule has 1 unspecified atom stereocenters. The second kappa shape index (κ2) is 9.00. The fourth-order valence-corrected chi connectivity index (χ4v) is 3.76. The average molecular weight is 354 g/mol. The maximum absolute atomic E-state index is 11.9. The fourth-order valence-electron chi connectivity index (χ4n) is 3.76. The number of esters is 1. The summed E-state index contributed by atoms with van der Waals surface area (Å²) in [6, 6.07) is 21.2. The van der Waals surface area contributed by atoms with Gasteiger partial charge in [0.2, 0.25) is 0 Å². The van der Waals surface area contributed by atoms with E-state index in [9.17, 15) is 4.79 Å². The highest BCUT2D eigenvalue weighted by Crippen LogP contribution is 2.43. The van der Waals surface area contributed by atoms with Crippen LogP contribution in [0.1, 0.15) is 44.7 Å². The maximum atomic E-state index is 11.9. The Morgan fingerprint density at radius 2 is 1.46 bits per heavy atom. The number of benzene rings is 2. The molecular weight excluding hydrogens is 322 g/mol. The second-order valence-corrected chi connectivity index (χ2v) is 7.23. The molecule has 3 heteroatoms. The standard InChI is InChI=1S/C23H31NO2/c1-6-22(26-19(3)25)23(17-18(2)24(4)5,20-13-9-7-10-14-20)21-15-11-8-12-16-21/h7-16,18,22H,6,17H2,1-5H3/t18-,22?/m1/s1. The van der Waals surface area contributed by atoms with Crippen molar-refractivity contribution in [1.29, 1.82) is 0 Å². The van der Waals surface area contributed by atoms with Gasteiger partial charge in [0.05, 0.1) is 5.41 Å². The van der Waals surface area contributed by atoms with Crippen LogP contribution in [0.4, 0.5) is 0 Å². The van der Waals surface area contributed by atoms with E-state index in [2.05, 4.69) is 81.4 Å². The van der Waals surface area contributed by atoms with Gasteiger partial charge in [0.15, 0.2) is 0 Å². The topological polar surface area (TPSA) is 29.5 Å². The van der Waals surface area contributed by atoms with E-state index in [0.29, 0.717) is 6.04 Å². The number of carbonyl (C=O) groups is 1. The molecule has 2 atom stereocenters. The molecule has 0 spiro atoms. The molecular formula is C23H31NO2. The van der Waals surface area contributed by atoms with E-state index < -0.39 is 5.41 Å². The third kappa shape index (κ3) is 4.34. The fraction of sp³-hybridized carbons (Fsp3) is 0.435. The van der Waals surface area contributed by atoms with Crippen LogP contribution in [0.2, 0.25) is 0 Å². The molecule has 2 rings (SSSR count). The summed E-state index contributed by atoms with van der Waals surface area (Å²) in [5, 5.41) is 0. The molecule has 0 bridgehead atoms. The molecule has 0 fully saturated rings. The van der Waals surface area contributed by atoms with Gasteiger partial charge in [-0.1, -0.05) is 67.6 Å². The highest BCUT2D eigenvalue weighted by molar-refractivity contribution is 5.66. The van der Waals surface area contributed by atoms with Gasteiger partial charge in [0.1, 0.15) is 6.10 Å². The van der Waals surface area contributed by atoms with E-state index in [0.717, 1.165) is 12.8 Å². The molecule has 0 radical (unpaired) electrons. The first kappa shape index (κ1) is 20.2. The summed E-state index contributed by atoms with van der Waals surface area (Å²) < 4.78 is 5.90. The van der Waals surface area contributed by atoms with Gasteiger partial charge in [0.25, 0.3) is 0 Å². The highest BCUT2D eigenvalue weighted by Gasteiger charge is 2.44. The molecule has 2 aromatic carbocycles. The van der Waals surface area contributed by atoms with Crippen molar-refractivity contribution >= 4 is 5.97 Å². The van der Waals surface area contributed by atoms with Crippen LogP contribution in [-0.2, 0) is 14.9 Å². The summed E-state index contributed by atoms with van der Waals surface area (Å²) in [7, 11) is 4.19. The first-order chi connectivity index (χ1) is 12.4. The SMILES string of the molecule is CCC(OC(C)=O)C(C[C@@H](C)N(C)C)(c1ccccc1)c1ccccc1. The van der Waals surface area contributed by atoms with Crippen LogP contribution in [0.15, 0.2) is 60.7 Å². The molecule has 0 heterocycles. The van der Waals surface area contributed by atoms with Crippen molar-refractivity contribution in [3.05, 3.63) is 71.8 Å². The molecule has 0 saturated heterocycles. The Labute approximate surface area is 158 Å². The largest absolute Gasteiger partial charge is 0.461 e. The predicted molar refractivity (Wildman–Crippen MR) is 107 cm³/mol. The van der Waals surface area contributed by atoms with Crippen molar-refractivity contribution in [3.63, 3.8) is 0 Å². The van der Waals surface area contributed by atoms with Gasteiger partial charge in [-0.15, -0.1) is 0 Å². The van der Waals surface area contributed by atoms with E-state index in [1.54, 1.807) is 0 Å². The summed E-state index contributed by atoms with van der Waals surface area (Å²) in [4.78, 5) is 14.1. The van der Waals surface area contributed by atoms with Crippen molar-refractivity contribution < 1.29 is 9.53 Å². The number of nitrogens with zero attached hydrogens (tertiary/aromatic N) is 1. The summed E-state index contributed by atoms with van der Waals surface area (Å²) >= 11 is 0. The number of carbonyl (C=O) groups excluding carboxylic acids is 1. The maximum Gasteiger partial charge on any atom is 0.302 e. The van der Waals surface area contributed by atoms with E-state index in [-0.39, 0.29) is 12.1 Å². The van der Waals surface area contributed by atoms with E-state index in [4.69, 9.17) is 4.74 Å². The molecule has 0 aromatic heterocycles. The Hall–Kier alpha value is -2.13. The van der Waals surface area contributed by atoms with Crippen LogP contribution in [0.25, 0.3) is 0 Å². The zero-order chi connectivity index (χ0) is 19.2. The molecule has 0 aliphatic rings. The summed E-state index contributed by atoms with van der Waals surface area (Å²) in [5.74, 6) is -0.231. The molecule has 140 valence electrons. The summed E-state index contributed by atoms with van der Waals surface area (Å²) in [6.45, 7) is 5.81. The molecule has 26 heavy (non-hydrogen) atoms. The third-order valence-electron chi connectivity index (χ3n) is 5.31. The number of hydrogen-bond acceptors (Lipinski definition) is 3. The predicted octanol–water partition coefficient (Wildman–Crippen LogP) is 4.65. The lowest BCUT2D eigenvalue weighted by molar-refractivity contribution is -0.150. The van der Waals surface area contributed by atoms with Gasteiger partial charge >= 0.3 is 5.97 Å². The van der Waals surface area contributed by atoms with Gasteiger partial charge in [-0.3, -0.25) is 4.79 Å². The number of ether oxygens (including phenoxy) is 1. The van der Waals surface area contributed by atoms with Crippen molar-refractivity contribution in [2.75, 3.05) is 14.1 Å². The molecule has 0 amide bonds. The lowest BCUT2D eigenvalue weighted by atomic mass is 9.66. The van der Waals surface area contributed by atoms with Crippen molar-refractivity contribution in [2.24, 2.45) is 0 Å². The van der Waals surface area contributed by atoms with Gasteiger partial charge in [-0.2, -0.15) is 0 Å². The zero-order valence-electron chi connectivity index (χ0n) is 16.6. The lowest BCUT2D eigenvalue weighted by Gasteiger charge is -2.43. The van der Waals surface area contributed by atoms with E-state index in [1.165, 1.54) is 18.1 Å². The van der Waals surface area contributed by atoms with E-state index >= 15 is 0 Å². The van der Waals surface area contributed by atoms with Crippen LogP contribution in [-0.4, -0.2) is 37.1 Å². The van der Waals surface area contributed by atoms with E-state index in [1.807, 2.05) is 12.1 Å². The minimum absolute atomic E-state index is 0.229. The summed E-state index contributed by atoms with van der Waals surface area (Å²) in [6.07, 6.45) is 1.38. The molecule has 0 N–H and O–H groups in total. The monoisotopic (exact) mass is 353 g/mol. The Balaban J connectivity index is 2.71. The molecule has 0 aliphatic carbocycles. The molecule has 2 aromatic rings. The molecule has 3 nitrogen and oxygen atoms in total. The lowest BCUT2D eigenvalue weighted by Crippen LogP contribution is -2.47. The average Bonchev–Trinajstić information content (AvgIpc) is 2.65. The zero-order valence-corrected chi connectivity index (χ0v) is 16.6. The first-order valence-corrected chi connectivity index (χ1v) is 9.36. The van der Waals surface area contributed by atoms with Gasteiger partial charge in [0, 0.05) is 13.0 Å². The Morgan fingerprint density at radius 3 is 1.81 bits per heavy atom. The Morgan fingerprint density at radius 1 is 1.00 bits per heavy atom. The van der Waals surface area contributed by atoms with Gasteiger partial charge in [-0.25, -0.2) is 0 Å². The van der Waals surface area contributed by atoms with Crippen LogP contribution >= 0.6 is 0 Å². The van der Waals surface area contributed by atoms with Crippen molar-refractivity contribution in [1.82, 2.24) is 4.90 Å². The van der Waals surface area contributed by atoms with Crippen LogP contribution in [0, 0.1) is 0 Å². The minimum atomic E-state index is -0.396. The van der Waals surface area contributed by atoms with Gasteiger partial charge < -0.3 is 9.64 Å².